The molecule has 0 aliphatic heterocycles. The normalized spacial score (nSPS) is 12.9. The van der Waals surface area contributed by atoms with E-state index < -0.39 is 50.0 Å². The van der Waals surface area contributed by atoms with Gasteiger partial charge in [0.25, 0.3) is 18.4 Å². The van der Waals surface area contributed by atoms with Crippen molar-refractivity contribution in [1.29, 1.82) is 0 Å². The van der Waals surface area contributed by atoms with Crippen molar-refractivity contribution < 1.29 is 50.3 Å². The molecule has 1 N–H and O–H groups in total. The van der Waals surface area contributed by atoms with Crippen LogP contribution in [0.2, 0.25) is 30.7 Å². The second-order valence-electron chi connectivity index (χ2n) is 25.9. The summed E-state index contributed by atoms with van der Waals surface area (Å²) in [5, 5.41) is 12.1. The number of esters is 1. The number of halogens is 1. The summed E-state index contributed by atoms with van der Waals surface area (Å²) in [5.74, 6) is 5.20. The van der Waals surface area contributed by atoms with Crippen LogP contribution in [0.25, 0.3) is 10.2 Å². The summed E-state index contributed by atoms with van der Waals surface area (Å²) >= 11 is 2.88. The first-order valence-electron chi connectivity index (χ1n) is 30.7. The summed E-state index contributed by atoms with van der Waals surface area (Å²) in [7, 11) is -3.71. The number of carbonyl (C=O) groups excluding carboxylic acids is 2. The maximum Gasteiger partial charge on any atom is 0.410 e. The van der Waals surface area contributed by atoms with E-state index in [-0.39, 0.29) is 47.9 Å². The average Bonchev–Trinajstić information content (AvgIpc) is 1.52. The SMILES string of the molecule is COC(=O)c1nc(N(CCCC(CCN(C)CCCS(=O)(=O)O)O[Si](c2ccccc2)(c2ccccc2)C(C)(C)C)c2cc(C)c(N=c3sc4ccccc4n3COCC[Si](C)(C)C)nn2)sc1CCCOc1ccc(C#CCN(C)C(=O)OC(C)(C)C)cc1F. The number of aryl methyl sites for hydroxylation is 2. The van der Waals surface area contributed by atoms with E-state index in [2.05, 4.69) is 122 Å². The summed E-state index contributed by atoms with van der Waals surface area (Å²) in [6, 6.07) is 36.5. The third-order valence-corrected chi connectivity index (χ3v) is 24.8. The molecule has 7 aromatic rings. The average molecular weight is 1340 g/mol. The predicted molar refractivity (Wildman–Crippen MR) is 367 cm³/mol. The molecule has 18 nitrogen and oxygen atoms in total. The van der Waals surface area contributed by atoms with Crippen LogP contribution in [0, 0.1) is 24.6 Å². The van der Waals surface area contributed by atoms with Gasteiger partial charge in [-0.3, -0.25) is 9.12 Å². The van der Waals surface area contributed by atoms with Crippen LogP contribution in [0.5, 0.6) is 5.75 Å². The Hall–Kier alpha value is -6.67. The molecule has 490 valence electrons. The Morgan fingerprint density at radius 3 is 2.14 bits per heavy atom. The highest BCUT2D eigenvalue weighted by Gasteiger charge is 2.51. The molecule has 3 aromatic heterocycles. The first-order chi connectivity index (χ1) is 43.0. The molecule has 0 fully saturated rings. The molecule has 1 amide bonds. The zero-order chi connectivity index (χ0) is 66.2. The molecule has 0 bridgehead atoms. The Kier molecular flexibility index (Phi) is 25.4. The lowest BCUT2D eigenvalue weighted by atomic mass is 10.1. The molecule has 4 aromatic carbocycles. The van der Waals surface area contributed by atoms with Crippen molar-refractivity contribution in [2.24, 2.45) is 4.99 Å². The summed E-state index contributed by atoms with van der Waals surface area (Å²) in [5.41, 5.74) is 1.66. The van der Waals surface area contributed by atoms with E-state index in [1.165, 1.54) is 35.5 Å². The molecule has 0 spiro atoms. The molecular weight excluding hydrogens is 1250 g/mol. The smallest absolute Gasteiger partial charge is 0.410 e. The molecule has 7 rings (SSSR count). The van der Waals surface area contributed by atoms with Crippen molar-refractivity contribution >= 4 is 98.6 Å². The summed E-state index contributed by atoms with van der Waals surface area (Å²) < 4.78 is 82.3. The van der Waals surface area contributed by atoms with E-state index in [9.17, 15) is 22.6 Å². The number of carbonyl (C=O) groups is 2. The predicted octanol–water partition coefficient (Wildman–Crippen LogP) is 12.4. The fourth-order valence-corrected chi connectivity index (χ4v) is 18.3. The largest absolute Gasteiger partial charge is 0.491 e. The number of amides is 1. The number of hydrogen-bond donors (Lipinski definition) is 1. The topological polar surface area (TPSA) is 200 Å². The lowest BCUT2D eigenvalue weighted by Crippen LogP contribution is -2.67. The molecule has 91 heavy (non-hydrogen) atoms. The molecule has 0 aliphatic carbocycles. The second kappa shape index (κ2) is 32.3. The van der Waals surface area contributed by atoms with Gasteiger partial charge in [-0.15, -0.1) is 21.5 Å². The van der Waals surface area contributed by atoms with Crippen LogP contribution in [0.1, 0.15) is 100 Å². The first-order valence-corrected chi connectivity index (χ1v) is 39.6. The first kappa shape index (κ1) is 71.8. The maximum absolute atomic E-state index is 15.5. The molecule has 3 heterocycles. The summed E-state index contributed by atoms with van der Waals surface area (Å²) in [6.07, 6.45) is 1.95. The molecule has 0 aliphatic rings. The van der Waals surface area contributed by atoms with Gasteiger partial charge in [-0.1, -0.05) is 136 Å². The van der Waals surface area contributed by atoms with Gasteiger partial charge in [0.15, 0.2) is 38.8 Å². The third-order valence-electron chi connectivity index (χ3n) is 15.0. The van der Waals surface area contributed by atoms with Crippen LogP contribution in [0.4, 0.5) is 26.0 Å². The highest BCUT2D eigenvalue weighted by Crippen LogP contribution is 2.39. The Morgan fingerprint density at radius 1 is 0.835 bits per heavy atom. The number of fused-ring (bicyclic) bond motifs is 1. The van der Waals surface area contributed by atoms with Gasteiger partial charge in [0, 0.05) is 51.4 Å². The van der Waals surface area contributed by atoms with Crippen LogP contribution < -0.4 is 24.8 Å². The van der Waals surface area contributed by atoms with E-state index in [1.807, 2.05) is 49.2 Å². The summed E-state index contributed by atoms with van der Waals surface area (Å²) in [4.78, 5) is 42.9. The zero-order valence-corrected chi connectivity index (χ0v) is 59.3. The highest BCUT2D eigenvalue weighted by atomic mass is 32.2. The van der Waals surface area contributed by atoms with Crippen LogP contribution in [0.15, 0.2) is 114 Å². The number of methoxy groups -OCH3 is 1. The van der Waals surface area contributed by atoms with Gasteiger partial charge in [0.05, 0.1) is 36.2 Å². The number of hydrogen-bond acceptors (Lipinski definition) is 17. The Balaban J connectivity index is 1.21. The Bertz CT molecular complexity index is 3760. The van der Waals surface area contributed by atoms with Crippen molar-refractivity contribution in [3.8, 4) is 17.6 Å². The van der Waals surface area contributed by atoms with E-state index in [0.717, 1.165) is 37.0 Å². The minimum absolute atomic E-state index is 0.0406. The fraction of sp³-hybridized carbons (Fsp3) is 0.463. The number of ether oxygens (including phenoxy) is 4. The third kappa shape index (κ3) is 20.9. The quantitative estimate of drug-likeness (QED) is 0.0146. The highest BCUT2D eigenvalue weighted by molar-refractivity contribution is 7.85. The zero-order valence-electron chi connectivity index (χ0n) is 54.9. The lowest BCUT2D eigenvalue weighted by Gasteiger charge is -2.45. The molecule has 24 heteroatoms. The van der Waals surface area contributed by atoms with Crippen LogP contribution in [0.3, 0.4) is 0 Å². The Labute approximate surface area is 546 Å². The number of nitrogens with zero attached hydrogens (tertiary/aromatic N) is 8. The molecule has 0 radical (unpaired) electrons. The van der Waals surface area contributed by atoms with E-state index in [0.29, 0.717) is 92.3 Å². The molecule has 0 saturated carbocycles. The van der Waals surface area contributed by atoms with Crippen molar-refractivity contribution in [2.45, 2.75) is 136 Å². The van der Waals surface area contributed by atoms with Gasteiger partial charge < -0.3 is 38.1 Å². The molecular formula is C67H89FN8O10S3Si2. The van der Waals surface area contributed by atoms with Crippen LogP contribution >= 0.6 is 22.7 Å². The van der Waals surface area contributed by atoms with Gasteiger partial charge in [-0.25, -0.2) is 19.0 Å². The lowest BCUT2D eigenvalue weighted by molar-refractivity contribution is 0.0320. The van der Waals surface area contributed by atoms with Crippen molar-refractivity contribution in [1.82, 2.24) is 29.5 Å². The minimum Gasteiger partial charge on any atom is -0.491 e. The number of thiazole rings is 2. The fourth-order valence-electron chi connectivity index (χ4n) is 10.2. The van der Waals surface area contributed by atoms with Crippen LogP contribution in [-0.2, 0) is 41.9 Å². The Morgan fingerprint density at radius 2 is 1.52 bits per heavy atom. The van der Waals surface area contributed by atoms with Crippen molar-refractivity contribution in [3.05, 3.63) is 142 Å². The molecule has 1 atom stereocenters. The number of aromatic nitrogens is 4. The number of anilines is 2. The second-order valence-corrected chi connectivity index (χ2v) is 39.4. The number of para-hydroxylation sites is 1. The van der Waals surface area contributed by atoms with Gasteiger partial charge in [-0.05, 0) is 143 Å². The van der Waals surface area contributed by atoms with Crippen molar-refractivity contribution in [3.63, 3.8) is 0 Å². The summed E-state index contributed by atoms with van der Waals surface area (Å²) in [6.45, 7) is 23.6. The number of rotatable bonds is 30. The van der Waals surface area contributed by atoms with Gasteiger partial charge in [0.2, 0.25) is 0 Å². The molecule has 1 unspecified atom stereocenters. The molecule has 0 saturated heterocycles. The monoisotopic (exact) mass is 1340 g/mol. The number of benzene rings is 4. The minimum atomic E-state index is -4.12. The van der Waals surface area contributed by atoms with E-state index in [4.69, 9.17) is 43.5 Å². The van der Waals surface area contributed by atoms with Crippen molar-refractivity contribution in [2.75, 3.05) is 71.3 Å². The van der Waals surface area contributed by atoms with Gasteiger partial charge in [-0.2, -0.15) is 13.4 Å². The van der Waals surface area contributed by atoms with E-state index in [1.54, 1.807) is 45.2 Å². The van der Waals surface area contributed by atoms with Gasteiger partial charge in [0.1, 0.15) is 12.3 Å². The van der Waals surface area contributed by atoms with Gasteiger partial charge >= 0.3 is 12.1 Å². The van der Waals surface area contributed by atoms with E-state index >= 15 is 4.39 Å². The van der Waals surface area contributed by atoms with Crippen LogP contribution in [-0.4, -0.2) is 149 Å². The standard InChI is InChI=1S/C67H89FN8O10S3Si2/c1-49-46-59(71-72-61(49)70-64-76(48-83-43-45-90(11,12)13)55-32-20-21-33-57(55)87-64)75(63-69-60(62(77)82-10)58(88-63)34-24-42-84-56-36-35-50(47-54(56)68)26-22-39-74(9)65(78)85-66(2,3)4)40-23-27-51(37-41-73(8)38-25-44-89(79,80)81)86-91(67(5,6)7,52-28-16-14-17-29-52)53-30-18-15-19-31-53/h14-21,28-33,35-36,46-47,51H,23-25,27,34,37-45,48H2,1-13H3,(H,79,80,81). The maximum atomic E-state index is 15.5.